The standard InChI is InChI=1S/C18H11F6N3O/c19-17(20,21)12-4-6-14(7-5-12)26-10-11(9-25)16(28)27-15-3-1-2-13(8-15)18(22,23)24/h1-8,10,26H,(H,27,28)/b11-10-. The monoisotopic (exact) mass is 399 g/mol. The Morgan fingerprint density at radius 3 is 2.04 bits per heavy atom. The van der Waals surface area contributed by atoms with Crippen molar-refractivity contribution in [2.75, 3.05) is 10.6 Å². The van der Waals surface area contributed by atoms with Crippen LogP contribution in [0.5, 0.6) is 0 Å². The number of amides is 1. The SMILES string of the molecule is N#C/C(=C/Nc1ccc(C(F)(F)F)cc1)C(=O)Nc1cccc(C(F)(F)F)c1. The number of anilines is 2. The number of hydrogen-bond donors (Lipinski definition) is 2. The van der Waals surface area contributed by atoms with Crippen LogP contribution in [0.4, 0.5) is 37.7 Å². The first-order chi connectivity index (χ1) is 13.0. The van der Waals surface area contributed by atoms with E-state index in [4.69, 9.17) is 5.26 Å². The van der Waals surface area contributed by atoms with Crippen LogP contribution >= 0.6 is 0 Å². The number of nitrogens with one attached hydrogen (secondary N) is 2. The molecule has 146 valence electrons. The number of rotatable bonds is 4. The number of carbonyl (C=O) groups excluding carboxylic acids is 1. The van der Waals surface area contributed by atoms with Crippen molar-refractivity contribution < 1.29 is 31.1 Å². The van der Waals surface area contributed by atoms with Gasteiger partial charge in [0.05, 0.1) is 11.1 Å². The molecule has 0 atom stereocenters. The Morgan fingerprint density at radius 2 is 1.50 bits per heavy atom. The molecule has 2 N–H and O–H groups in total. The van der Waals surface area contributed by atoms with Gasteiger partial charge in [-0.25, -0.2) is 0 Å². The summed E-state index contributed by atoms with van der Waals surface area (Å²) in [6.45, 7) is 0. The molecular weight excluding hydrogens is 388 g/mol. The molecule has 0 saturated heterocycles. The summed E-state index contributed by atoms with van der Waals surface area (Å²) in [7, 11) is 0. The Balaban J connectivity index is 2.10. The van der Waals surface area contributed by atoms with Gasteiger partial charge in [-0.15, -0.1) is 0 Å². The second-order valence-corrected chi connectivity index (χ2v) is 5.42. The van der Waals surface area contributed by atoms with Gasteiger partial charge in [-0.2, -0.15) is 31.6 Å². The third-order valence-corrected chi connectivity index (χ3v) is 3.41. The van der Waals surface area contributed by atoms with Gasteiger partial charge in [0.15, 0.2) is 0 Å². The number of nitrogens with zero attached hydrogens (tertiary/aromatic N) is 1. The summed E-state index contributed by atoms with van der Waals surface area (Å²) in [4.78, 5) is 12.0. The van der Waals surface area contributed by atoms with Crippen LogP contribution in [-0.4, -0.2) is 5.91 Å². The van der Waals surface area contributed by atoms with E-state index in [0.29, 0.717) is 6.07 Å². The first-order valence-corrected chi connectivity index (χ1v) is 7.53. The highest BCUT2D eigenvalue weighted by Gasteiger charge is 2.31. The smallest absolute Gasteiger partial charge is 0.360 e. The largest absolute Gasteiger partial charge is 0.416 e. The number of halogens is 6. The lowest BCUT2D eigenvalue weighted by Crippen LogP contribution is -2.15. The summed E-state index contributed by atoms with van der Waals surface area (Å²) in [5, 5.41) is 13.7. The van der Waals surface area contributed by atoms with Gasteiger partial charge in [0.25, 0.3) is 5.91 Å². The van der Waals surface area contributed by atoms with Gasteiger partial charge in [0.1, 0.15) is 11.6 Å². The van der Waals surface area contributed by atoms with Crippen LogP contribution in [-0.2, 0) is 17.1 Å². The van der Waals surface area contributed by atoms with Crippen LogP contribution < -0.4 is 10.6 Å². The molecule has 2 aromatic carbocycles. The lowest BCUT2D eigenvalue weighted by atomic mass is 10.2. The maximum absolute atomic E-state index is 12.7. The lowest BCUT2D eigenvalue weighted by molar-refractivity contribution is -0.138. The van der Waals surface area contributed by atoms with Crippen LogP contribution in [0.3, 0.4) is 0 Å². The summed E-state index contributed by atoms with van der Waals surface area (Å²) in [5.41, 5.74) is -2.33. The molecule has 1 amide bonds. The molecular formula is C18H11F6N3O. The zero-order valence-corrected chi connectivity index (χ0v) is 13.8. The maximum Gasteiger partial charge on any atom is 0.416 e. The van der Waals surface area contributed by atoms with E-state index in [9.17, 15) is 31.1 Å². The van der Waals surface area contributed by atoms with E-state index in [1.807, 2.05) is 0 Å². The summed E-state index contributed by atoms with van der Waals surface area (Å²) < 4.78 is 75.6. The van der Waals surface area contributed by atoms with Gasteiger partial charge >= 0.3 is 12.4 Å². The predicted molar refractivity (Wildman–Crippen MR) is 88.8 cm³/mol. The first kappa shape index (κ1) is 20.8. The fourth-order valence-electron chi connectivity index (χ4n) is 2.03. The summed E-state index contributed by atoms with van der Waals surface area (Å²) in [5.74, 6) is -0.985. The number of nitriles is 1. The molecule has 0 heterocycles. The van der Waals surface area contributed by atoms with Crippen molar-refractivity contribution >= 4 is 17.3 Å². The Hall–Kier alpha value is -3.48. The van der Waals surface area contributed by atoms with Gasteiger partial charge in [0.2, 0.25) is 0 Å². The normalized spacial score (nSPS) is 12.2. The zero-order valence-electron chi connectivity index (χ0n) is 13.8. The molecule has 0 aliphatic carbocycles. The Kier molecular flexibility index (Phi) is 5.98. The molecule has 10 heteroatoms. The highest BCUT2D eigenvalue weighted by molar-refractivity contribution is 6.06. The lowest BCUT2D eigenvalue weighted by Gasteiger charge is -2.10. The molecule has 2 aromatic rings. The summed E-state index contributed by atoms with van der Waals surface area (Å²) >= 11 is 0. The summed E-state index contributed by atoms with van der Waals surface area (Å²) in [6, 6.07) is 9.20. The molecule has 28 heavy (non-hydrogen) atoms. The average Bonchev–Trinajstić information content (AvgIpc) is 2.61. The van der Waals surface area contributed by atoms with Gasteiger partial charge in [-0.1, -0.05) is 6.07 Å². The van der Waals surface area contributed by atoms with E-state index in [1.165, 1.54) is 6.07 Å². The molecule has 0 aliphatic rings. The number of alkyl halides is 6. The average molecular weight is 399 g/mol. The van der Waals surface area contributed by atoms with E-state index in [-0.39, 0.29) is 11.4 Å². The van der Waals surface area contributed by atoms with Gasteiger partial charge in [-0.3, -0.25) is 4.79 Å². The second kappa shape index (κ2) is 8.04. The van der Waals surface area contributed by atoms with Crippen molar-refractivity contribution in [3.8, 4) is 6.07 Å². The highest BCUT2D eigenvalue weighted by atomic mass is 19.4. The minimum absolute atomic E-state index is 0.171. The highest BCUT2D eigenvalue weighted by Crippen LogP contribution is 2.31. The molecule has 4 nitrogen and oxygen atoms in total. The molecule has 0 aliphatic heterocycles. The topological polar surface area (TPSA) is 64.9 Å². The van der Waals surface area contributed by atoms with E-state index < -0.39 is 35.0 Å². The van der Waals surface area contributed by atoms with E-state index in [2.05, 4.69) is 10.6 Å². The maximum atomic E-state index is 12.7. The molecule has 0 spiro atoms. The van der Waals surface area contributed by atoms with Gasteiger partial charge in [0, 0.05) is 17.6 Å². The molecule has 2 rings (SSSR count). The van der Waals surface area contributed by atoms with Crippen molar-refractivity contribution in [3.05, 3.63) is 71.4 Å². The fraction of sp³-hybridized carbons (Fsp3) is 0.111. The van der Waals surface area contributed by atoms with Crippen molar-refractivity contribution in [1.82, 2.24) is 0 Å². The number of benzene rings is 2. The molecule has 0 saturated carbocycles. The van der Waals surface area contributed by atoms with Gasteiger partial charge in [-0.05, 0) is 42.5 Å². The first-order valence-electron chi connectivity index (χ1n) is 7.53. The molecule has 0 radical (unpaired) electrons. The van der Waals surface area contributed by atoms with Crippen LogP contribution in [0.25, 0.3) is 0 Å². The van der Waals surface area contributed by atoms with Crippen molar-refractivity contribution in [3.63, 3.8) is 0 Å². The Labute approximate surface area is 155 Å². The van der Waals surface area contributed by atoms with Crippen LogP contribution in [0.15, 0.2) is 60.3 Å². The van der Waals surface area contributed by atoms with Crippen molar-refractivity contribution in [2.45, 2.75) is 12.4 Å². The third kappa shape index (κ3) is 5.51. The quantitative estimate of drug-likeness (QED) is 0.423. The molecule has 0 aromatic heterocycles. The predicted octanol–water partition coefficient (Wildman–Crippen LogP) is 5.18. The number of hydrogen-bond acceptors (Lipinski definition) is 3. The second-order valence-electron chi connectivity index (χ2n) is 5.42. The van der Waals surface area contributed by atoms with Crippen LogP contribution in [0, 0.1) is 11.3 Å². The summed E-state index contributed by atoms with van der Waals surface area (Å²) in [6.07, 6.45) is -8.17. The van der Waals surface area contributed by atoms with Gasteiger partial charge < -0.3 is 10.6 Å². The van der Waals surface area contributed by atoms with E-state index in [1.54, 1.807) is 6.07 Å². The number of carbonyl (C=O) groups is 1. The minimum atomic E-state index is -4.60. The third-order valence-electron chi connectivity index (χ3n) is 3.41. The zero-order chi connectivity index (χ0) is 20.9. The molecule has 0 unspecified atom stereocenters. The van der Waals surface area contributed by atoms with Crippen molar-refractivity contribution in [1.29, 1.82) is 5.26 Å². The van der Waals surface area contributed by atoms with E-state index >= 15 is 0 Å². The van der Waals surface area contributed by atoms with Crippen LogP contribution in [0.1, 0.15) is 11.1 Å². The van der Waals surface area contributed by atoms with E-state index in [0.717, 1.165) is 42.6 Å². The molecule has 0 fully saturated rings. The Bertz CT molecular complexity index is 924. The van der Waals surface area contributed by atoms with Crippen LogP contribution in [0.2, 0.25) is 0 Å². The fourth-order valence-corrected chi connectivity index (χ4v) is 2.03. The Morgan fingerprint density at radius 1 is 0.893 bits per heavy atom. The van der Waals surface area contributed by atoms with Crippen molar-refractivity contribution in [2.24, 2.45) is 0 Å². The minimum Gasteiger partial charge on any atom is -0.360 e. The molecule has 0 bridgehead atoms.